The Morgan fingerprint density at radius 1 is 0.870 bits per heavy atom. The minimum atomic E-state index is 0.992. The highest BCUT2D eigenvalue weighted by Gasteiger charge is 2.08. The molecule has 0 N–H and O–H groups in total. The third-order valence-corrected chi connectivity index (χ3v) is 5.74. The van der Waals surface area contributed by atoms with E-state index < -0.39 is 0 Å². The van der Waals surface area contributed by atoms with Gasteiger partial charge in [0.25, 0.3) is 0 Å². The topological polar surface area (TPSA) is 22.8 Å². The molecule has 0 aliphatic rings. The van der Waals surface area contributed by atoms with Crippen LogP contribution in [-0.2, 0) is 39.8 Å². The van der Waals surface area contributed by atoms with Crippen molar-refractivity contribution in [3.8, 4) is 0 Å². The van der Waals surface area contributed by atoms with Gasteiger partial charge in [0.2, 0.25) is 0 Å². The van der Waals surface area contributed by atoms with Crippen LogP contribution in [0.3, 0.4) is 0 Å². The lowest BCUT2D eigenvalue weighted by molar-refractivity contribution is 0.707. The lowest BCUT2D eigenvalue weighted by Gasteiger charge is -2.08. The number of nitrogens with zero attached hydrogens (tertiary/aromatic N) is 3. The van der Waals surface area contributed by atoms with Gasteiger partial charge in [-0.3, -0.25) is 0 Å². The predicted molar refractivity (Wildman–Crippen MR) is 97.2 cm³/mol. The standard InChI is InChI=1S/C19H25N3S/c1-14-13-20-19(21(14)3)12-9-17-7-6-16(22(17)4)8-11-18-10-5-15(2)23-18/h5-7,10,13H,8-9,11-12H2,1-4H3. The normalized spacial score (nSPS) is 11.3. The first kappa shape index (κ1) is 16.1. The molecule has 0 fully saturated rings. The lowest BCUT2D eigenvalue weighted by Crippen LogP contribution is -2.06. The van der Waals surface area contributed by atoms with Crippen LogP contribution in [0.2, 0.25) is 0 Å². The van der Waals surface area contributed by atoms with Gasteiger partial charge in [-0.2, -0.15) is 0 Å². The molecule has 0 unspecified atom stereocenters. The Hall–Kier alpha value is -1.81. The van der Waals surface area contributed by atoms with Crippen LogP contribution in [-0.4, -0.2) is 14.1 Å². The van der Waals surface area contributed by atoms with E-state index in [4.69, 9.17) is 0 Å². The second kappa shape index (κ2) is 6.75. The number of aryl methyl sites for hydroxylation is 6. The van der Waals surface area contributed by atoms with Crippen molar-refractivity contribution in [3.63, 3.8) is 0 Å². The van der Waals surface area contributed by atoms with Crippen molar-refractivity contribution in [3.05, 3.63) is 63.1 Å². The maximum Gasteiger partial charge on any atom is 0.108 e. The average molecular weight is 327 g/mol. The van der Waals surface area contributed by atoms with Crippen LogP contribution in [0.25, 0.3) is 0 Å². The summed E-state index contributed by atoms with van der Waals surface area (Å²) < 4.78 is 4.54. The molecule has 0 saturated carbocycles. The summed E-state index contributed by atoms with van der Waals surface area (Å²) in [6, 6.07) is 9.02. The molecule has 3 nitrogen and oxygen atoms in total. The van der Waals surface area contributed by atoms with Crippen LogP contribution < -0.4 is 0 Å². The Balaban J connectivity index is 1.61. The second-order valence-electron chi connectivity index (χ2n) is 6.26. The third kappa shape index (κ3) is 3.58. The maximum atomic E-state index is 4.50. The van der Waals surface area contributed by atoms with Gasteiger partial charge in [-0.25, -0.2) is 4.98 Å². The highest BCUT2D eigenvalue weighted by molar-refractivity contribution is 7.11. The number of aromatic nitrogens is 3. The van der Waals surface area contributed by atoms with Gasteiger partial charge in [-0.1, -0.05) is 0 Å². The van der Waals surface area contributed by atoms with Gasteiger partial charge in [-0.05, 0) is 57.4 Å². The first-order chi connectivity index (χ1) is 11.0. The van der Waals surface area contributed by atoms with E-state index in [1.807, 2.05) is 17.5 Å². The Bertz CT molecular complexity index is 792. The zero-order chi connectivity index (χ0) is 16.4. The summed E-state index contributed by atoms with van der Waals surface area (Å²) >= 11 is 1.91. The van der Waals surface area contributed by atoms with Crippen LogP contribution in [0, 0.1) is 13.8 Å². The maximum absolute atomic E-state index is 4.50. The van der Waals surface area contributed by atoms with Crippen molar-refractivity contribution >= 4 is 11.3 Å². The Morgan fingerprint density at radius 3 is 2.13 bits per heavy atom. The van der Waals surface area contributed by atoms with Gasteiger partial charge >= 0.3 is 0 Å². The fraction of sp³-hybridized carbons (Fsp3) is 0.421. The van der Waals surface area contributed by atoms with E-state index in [2.05, 4.69) is 66.3 Å². The van der Waals surface area contributed by atoms with Crippen molar-refractivity contribution in [2.24, 2.45) is 14.1 Å². The lowest BCUT2D eigenvalue weighted by atomic mass is 10.2. The Kier molecular flexibility index (Phi) is 4.71. The molecule has 3 heterocycles. The van der Waals surface area contributed by atoms with Crippen molar-refractivity contribution in [1.29, 1.82) is 0 Å². The highest BCUT2D eigenvalue weighted by Crippen LogP contribution is 2.18. The van der Waals surface area contributed by atoms with Crippen LogP contribution in [0.15, 0.2) is 30.5 Å². The summed E-state index contributed by atoms with van der Waals surface area (Å²) in [6.45, 7) is 4.28. The fourth-order valence-electron chi connectivity index (χ4n) is 2.99. The van der Waals surface area contributed by atoms with Crippen molar-refractivity contribution in [2.45, 2.75) is 39.5 Å². The van der Waals surface area contributed by atoms with Gasteiger partial charge in [0, 0.05) is 53.5 Å². The van der Waals surface area contributed by atoms with Crippen molar-refractivity contribution in [2.75, 3.05) is 0 Å². The summed E-state index contributed by atoms with van der Waals surface area (Å²) in [4.78, 5) is 7.38. The second-order valence-corrected chi connectivity index (χ2v) is 7.63. The fourth-order valence-corrected chi connectivity index (χ4v) is 3.88. The molecule has 0 aliphatic carbocycles. The third-order valence-electron chi connectivity index (χ3n) is 4.67. The molecule has 0 radical (unpaired) electrons. The molecule has 3 aromatic heterocycles. The van der Waals surface area contributed by atoms with E-state index in [-0.39, 0.29) is 0 Å². The molecule has 0 spiro atoms. The molecule has 4 heteroatoms. The summed E-state index contributed by atoms with van der Waals surface area (Å²) in [5, 5.41) is 0. The number of hydrogen-bond donors (Lipinski definition) is 0. The predicted octanol–water partition coefficient (Wildman–Crippen LogP) is 4.01. The first-order valence-corrected chi connectivity index (χ1v) is 9.02. The monoisotopic (exact) mass is 327 g/mol. The number of imidazole rings is 1. The van der Waals surface area contributed by atoms with Crippen molar-refractivity contribution < 1.29 is 0 Å². The van der Waals surface area contributed by atoms with Crippen molar-refractivity contribution in [1.82, 2.24) is 14.1 Å². The molecule has 0 saturated heterocycles. The number of thiophene rings is 1. The van der Waals surface area contributed by atoms with Crippen LogP contribution in [0.5, 0.6) is 0 Å². The molecule has 0 atom stereocenters. The summed E-state index contributed by atoms with van der Waals surface area (Å²) in [5.41, 5.74) is 4.03. The molecule has 23 heavy (non-hydrogen) atoms. The SMILES string of the molecule is Cc1ccc(CCc2ccc(CCc3ncc(C)n3C)n2C)s1. The first-order valence-electron chi connectivity index (χ1n) is 8.20. The van der Waals surface area contributed by atoms with Gasteiger partial charge in [0.1, 0.15) is 5.82 Å². The van der Waals surface area contributed by atoms with E-state index in [1.54, 1.807) is 0 Å². The zero-order valence-electron chi connectivity index (χ0n) is 14.5. The summed E-state index contributed by atoms with van der Waals surface area (Å²) in [5.74, 6) is 1.17. The Labute approximate surface area is 142 Å². The smallest absolute Gasteiger partial charge is 0.108 e. The quantitative estimate of drug-likeness (QED) is 0.671. The van der Waals surface area contributed by atoms with Crippen LogP contribution in [0.1, 0.15) is 32.7 Å². The van der Waals surface area contributed by atoms with Gasteiger partial charge < -0.3 is 9.13 Å². The molecule has 3 rings (SSSR count). The van der Waals surface area contributed by atoms with E-state index in [0.717, 1.165) is 25.7 Å². The molecule has 122 valence electrons. The van der Waals surface area contributed by atoms with Crippen LogP contribution >= 0.6 is 11.3 Å². The molecule has 3 aromatic rings. The molecular formula is C19H25N3S. The van der Waals surface area contributed by atoms with E-state index in [1.165, 1.54) is 32.7 Å². The van der Waals surface area contributed by atoms with E-state index >= 15 is 0 Å². The van der Waals surface area contributed by atoms with E-state index in [9.17, 15) is 0 Å². The van der Waals surface area contributed by atoms with Crippen LogP contribution in [0.4, 0.5) is 0 Å². The molecule has 0 bridgehead atoms. The minimum absolute atomic E-state index is 0.992. The number of hydrogen-bond acceptors (Lipinski definition) is 2. The summed E-state index contributed by atoms with van der Waals surface area (Å²) in [7, 11) is 4.28. The largest absolute Gasteiger partial charge is 0.352 e. The van der Waals surface area contributed by atoms with Gasteiger partial charge in [-0.15, -0.1) is 11.3 Å². The molecule has 0 aliphatic heterocycles. The average Bonchev–Trinajstić information content (AvgIpc) is 3.19. The molecule has 0 amide bonds. The van der Waals surface area contributed by atoms with E-state index in [0.29, 0.717) is 0 Å². The minimum Gasteiger partial charge on any atom is -0.352 e. The molecular weight excluding hydrogens is 302 g/mol. The molecule has 0 aromatic carbocycles. The Morgan fingerprint density at radius 2 is 1.57 bits per heavy atom. The van der Waals surface area contributed by atoms with Gasteiger partial charge in [0.05, 0.1) is 0 Å². The zero-order valence-corrected chi connectivity index (χ0v) is 15.3. The summed E-state index contributed by atoms with van der Waals surface area (Å²) in [6.07, 6.45) is 6.23. The van der Waals surface area contributed by atoms with Gasteiger partial charge in [0.15, 0.2) is 0 Å². The number of rotatable bonds is 6. The highest BCUT2D eigenvalue weighted by atomic mass is 32.1.